The first-order valence-corrected chi connectivity index (χ1v) is 9.27. The zero-order chi connectivity index (χ0) is 19.6. The number of carbonyl (C=O) groups excluding carboxylic acids is 2. The quantitative estimate of drug-likeness (QED) is 0.753. The molecule has 2 aromatic carbocycles. The second-order valence-corrected chi connectivity index (χ2v) is 7.62. The highest BCUT2D eigenvalue weighted by Gasteiger charge is 2.66. The number of hydrogen-bond acceptors (Lipinski definition) is 3. The van der Waals surface area contributed by atoms with E-state index in [2.05, 4.69) is 6.07 Å². The SMILES string of the molecule is N#C[C@@H]1[C@@H]2C(=O)N(c3ccc(F)c(Cl)c3)C(=O)[C@@H]2[C@@H]2c3ccccc3C=C[NH+]12. The van der Waals surface area contributed by atoms with Crippen molar-refractivity contribution in [1.82, 2.24) is 0 Å². The van der Waals surface area contributed by atoms with Gasteiger partial charge in [0, 0.05) is 5.56 Å². The Hall–Kier alpha value is -3.01. The molecule has 0 radical (unpaired) electrons. The van der Waals surface area contributed by atoms with Crippen LogP contribution in [0.1, 0.15) is 17.2 Å². The molecule has 2 aromatic rings. The van der Waals surface area contributed by atoms with Crippen LogP contribution in [0.25, 0.3) is 6.08 Å². The second kappa shape index (κ2) is 5.99. The van der Waals surface area contributed by atoms with Gasteiger partial charge in [0.1, 0.15) is 29.8 Å². The van der Waals surface area contributed by atoms with Crippen LogP contribution in [0.15, 0.2) is 48.7 Å². The molecule has 5 rings (SSSR count). The molecule has 2 amide bonds. The molecule has 0 aliphatic carbocycles. The summed E-state index contributed by atoms with van der Waals surface area (Å²) in [5.41, 5.74) is 2.17. The molecule has 3 heterocycles. The van der Waals surface area contributed by atoms with Crippen LogP contribution in [0.2, 0.25) is 5.02 Å². The Kier molecular flexibility index (Phi) is 3.66. The van der Waals surface area contributed by atoms with E-state index in [4.69, 9.17) is 11.6 Å². The second-order valence-electron chi connectivity index (χ2n) is 7.21. The standard InChI is InChI=1S/C21H13ClFN3O2/c22-14-9-12(5-6-15(14)23)26-20(27)17-16(10-24)25-8-7-11-3-1-2-4-13(11)19(25)18(17)21(26)28/h1-9,16-19H/p+1/t16-,17+,18+,19+/m1/s1. The molecule has 138 valence electrons. The van der Waals surface area contributed by atoms with Crippen molar-refractivity contribution in [3.05, 3.63) is 70.6 Å². The Balaban J connectivity index is 1.63. The predicted molar refractivity (Wildman–Crippen MR) is 99.5 cm³/mol. The number of halogens is 2. The number of carbonyl (C=O) groups is 2. The Morgan fingerprint density at radius 3 is 2.61 bits per heavy atom. The molecule has 1 unspecified atom stereocenters. The molecule has 2 fully saturated rings. The van der Waals surface area contributed by atoms with Crippen LogP contribution in [0.3, 0.4) is 0 Å². The number of anilines is 1. The summed E-state index contributed by atoms with van der Waals surface area (Å²) in [6.07, 6.45) is 3.80. The lowest BCUT2D eigenvalue weighted by Gasteiger charge is -2.28. The fraction of sp³-hybridized carbons (Fsp3) is 0.190. The molecule has 3 aliphatic heterocycles. The summed E-state index contributed by atoms with van der Waals surface area (Å²) < 4.78 is 13.5. The van der Waals surface area contributed by atoms with E-state index in [1.807, 2.05) is 36.5 Å². The first-order valence-electron chi connectivity index (χ1n) is 8.89. The topological polar surface area (TPSA) is 65.6 Å². The van der Waals surface area contributed by atoms with Gasteiger partial charge in [-0.25, -0.2) is 9.29 Å². The molecule has 3 aliphatic rings. The van der Waals surface area contributed by atoms with Crippen molar-refractivity contribution in [2.45, 2.75) is 12.1 Å². The molecular weight excluding hydrogens is 381 g/mol. The van der Waals surface area contributed by atoms with E-state index in [1.54, 1.807) is 0 Å². The first kappa shape index (κ1) is 17.1. The van der Waals surface area contributed by atoms with Crippen molar-refractivity contribution in [3.63, 3.8) is 0 Å². The van der Waals surface area contributed by atoms with Gasteiger partial charge in [-0.2, -0.15) is 5.26 Å². The molecular formula is C21H14ClFN3O2+. The number of nitrogens with one attached hydrogen (secondary N) is 1. The van der Waals surface area contributed by atoms with Gasteiger partial charge < -0.3 is 0 Å². The lowest BCUT2D eigenvalue weighted by molar-refractivity contribution is -0.885. The van der Waals surface area contributed by atoms with Crippen molar-refractivity contribution in [3.8, 4) is 6.07 Å². The molecule has 7 heteroatoms. The molecule has 5 atom stereocenters. The molecule has 0 saturated carbocycles. The van der Waals surface area contributed by atoms with E-state index < -0.39 is 29.6 Å². The summed E-state index contributed by atoms with van der Waals surface area (Å²) >= 11 is 5.85. The molecule has 0 bridgehead atoms. The first-order chi connectivity index (χ1) is 13.5. The summed E-state index contributed by atoms with van der Waals surface area (Å²) in [4.78, 5) is 28.4. The third-order valence-electron chi connectivity index (χ3n) is 5.92. The minimum absolute atomic E-state index is 0.162. The number of amides is 2. The Morgan fingerprint density at radius 2 is 1.86 bits per heavy atom. The highest BCUT2D eigenvalue weighted by atomic mass is 35.5. The van der Waals surface area contributed by atoms with Crippen molar-refractivity contribution in [2.24, 2.45) is 11.8 Å². The molecule has 5 nitrogen and oxygen atoms in total. The van der Waals surface area contributed by atoms with Gasteiger partial charge in [-0.05, 0) is 29.8 Å². The molecule has 1 N–H and O–H groups in total. The summed E-state index contributed by atoms with van der Waals surface area (Å²) in [7, 11) is 0. The minimum Gasteiger partial charge on any atom is -0.287 e. The smallest absolute Gasteiger partial charge is 0.245 e. The number of hydrogen-bond donors (Lipinski definition) is 1. The van der Waals surface area contributed by atoms with Crippen LogP contribution >= 0.6 is 11.6 Å². The number of nitriles is 1. The van der Waals surface area contributed by atoms with Crippen LogP contribution in [0.5, 0.6) is 0 Å². The number of rotatable bonds is 1. The maximum atomic E-state index is 13.5. The lowest BCUT2D eigenvalue weighted by atomic mass is 9.85. The van der Waals surface area contributed by atoms with Crippen molar-refractivity contribution >= 4 is 35.2 Å². The van der Waals surface area contributed by atoms with Gasteiger partial charge in [0.2, 0.25) is 11.8 Å². The molecule has 0 aromatic heterocycles. The van der Waals surface area contributed by atoms with Gasteiger partial charge in [-0.3, -0.25) is 14.5 Å². The monoisotopic (exact) mass is 394 g/mol. The zero-order valence-electron chi connectivity index (χ0n) is 14.5. The maximum Gasteiger partial charge on any atom is 0.245 e. The Labute approximate surface area is 165 Å². The Morgan fingerprint density at radius 1 is 1.11 bits per heavy atom. The van der Waals surface area contributed by atoms with Crippen molar-refractivity contribution in [2.75, 3.05) is 4.90 Å². The number of quaternary nitrogens is 1. The summed E-state index contributed by atoms with van der Waals surface area (Å²) in [5, 5.41) is 9.62. The van der Waals surface area contributed by atoms with Crippen molar-refractivity contribution < 1.29 is 18.9 Å². The lowest BCUT2D eigenvalue weighted by Crippen LogP contribution is -3.10. The fourth-order valence-electron chi connectivity index (χ4n) is 4.77. The van der Waals surface area contributed by atoms with Gasteiger partial charge in [0.05, 0.1) is 16.9 Å². The van der Waals surface area contributed by atoms with Crippen LogP contribution < -0.4 is 9.80 Å². The predicted octanol–water partition coefficient (Wildman–Crippen LogP) is 2.10. The third-order valence-corrected chi connectivity index (χ3v) is 6.21. The van der Waals surface area contributed by atoms with Gasteiger partial charge >= 0.3 is 0 Å². The van der Waals surface area contributed by atoms with Gasteiger partial charge in [0.15, 0.2) is 6.04 Å². The van der Waals surface area contributed by atoms with Gasteiger partial charge in [-0.1, -0.05) is 35.9 Å². The molecule has 0 spiro atoms. The van der Waals surface area contributed by atoms with E-state index in [9.17, 15) is 19.2 Å². The van der Waals surface area contributed by atoms with Gasteiger partial charge in [0.25, 0.3) is 0 Å². The van der Waals surface area contributed by atoms with E-state index in [0.717, 1.165) is 27.0 Å². The summed E-state index contributed by atoms with van der Waals surface area (Å²) in [6.45, 7) is 0. The van der Waals surface area contributed by atoms with E-state index in [0.29, 0.717) is 0 Å². The molecule has 28 heavy (non-hydrogen) atoms. The maximum absolute atomic E-state index is 13.5. The van der Waals surface area contributed by atoms with Crippen molar-refractivity contribution in [1.29, 1.82) is 5.26 Å². The summed E-state index contributed by atoms with van der Waals surface area (Å²) in [5.74, 6) is -2.83. The Bertz CT molecular complexity index is 1110. The number of benzene rings is 2. The highest BCUT2D eigenvalue weighted by molar-refractivity contribution is 6.31. The third kappa shape index (κ3) is 2.15. The van der Waals surface area contributed by atoms with E-state index in [1.165, 1.54) is 12.1 Å². The molecule has 2 saturated heterocycles. The van der Waals surface area contributed by atoms with Crippen LogP contribution in [-0.2, 0) is 9.59 Å². The summed E-state index contributed by atoms with van der Waals surface area (Å²) in [6, 6.07) is 12.7. The minimum atomic E-state index is -0.753. The average Bonchev–Trinajstić information content (AvgIpc) is 3.17. The van der Waals surface area contributed by atoms with Crippen LogP contribution in [0, 0.1) is 29.0 Å². The average molecular weight is 395 g/mol. The van der Waals surface area contributed by atoms with Gasteiger partial charge in [-0.15, -0.1) is 0 Å². The zero-order valence-corrected chi connectivity index (χ0v) is 15.2. The van der Waals surface area contributed by atoms with Crippen LogP contribution in [-0.4, -0.2) is 17.9 Å². The fourth-order valence-corrected chi connectivity index (χ4v) is 4.94. The van der Waals surface area contributed by atoms with Crippen LogP contribution in [0.4, 0.5) is 10.1 Å². The van der Waals surface area contributed by atoms with E-state index >= 15 is 0 Å². The largest absolute Gasteiger partial charge is 0.287 e. The normalized spacial score (nSPS) is 30.0. The number of imide groups is 1. The van der Waals surface area contributed by atoms with E-state index in [-0.39, 0.29) is 22.7 Å². The number of nitrogens with zero attached hydrogens (tertiary/aromatic N) is 2. The highest BCUT2D eigenvalue weighted by Crippen LogP contribution is 2.44. The number of fused-ring (bicyclic) bond motifs is 5.